The van der Waals surface area contributed by atoms with Gasteiger partial charge in [-0.25, -0.2) is 9.59 Å². The molecule has 1 atom stereocenters. The lowest BCUT2D eigenvalue weighted by Crippen LogP contribution is -2.49. The molecule has 0 aliphatic rings. The number of hydrogen-bond donors (Lipinski definition) is 3. The average molecular weight is 306 g/mol. The van der Waals surface area contributed by atoms with E-state index in [-0.39, 0.29) is 5.92 Å². The van der Waals surface area contributed by atoms with Crippen LogP contribution in [0.15, 0.2) is 0 Å². The Morgan fingerprint density at radius 2 is 1.62 bits per heavy atom. The second-order valence-electron chi connectivity index (χ2n) is 4.68. The first-order valence-electron chi connectivity index (χ1n) is 6.90. The van der Waals surface area contributed by atoms with E-state index in [2.05, 4.69) is 10.6 Å². The molecule has 0 heterocycles. The summed E-state index contributed by atoms with van der Waals surface area (Å²) in [4.78, 5) is 22.4. The molecule has 8 heteroatoms. The highest BCUT2D eigenvalue weighted by molar-refractivity contribution is 5.82. The summed E-state index contributed by atoms with van der Waals surface area (Å²) in [5, 5.41) is 13.9. The predicted molar refractivity (Wildman–Crippen MR) is 76.3 cm³/mol. The van der Waals surface area contributed by atoms with Crippen molar-refractivity contribution >= 4 is 12.0 Å². The van der Waals surface area contributed by atoms with Crippen molar-refractivity contribution in [2.75, 3.05) is 46.7 Å². The van der Waals surface area contributed by atoms with Gasteiger partial charge in [0.1, 0.15) is 6.04 Å². The molecule has 2 amide bonds. The number of nitrogens with one attached hydrogen (secondary N) is 2. The highest BCUT2D eigenvalue weighted by Gasteiger charge is 2.22. The number of carboxylic acids is 1. The van der Waals surface area contributed by atoms with Gasteiger partial charge in [0.05, 0.1) is 33.0 Å². The van der Waals surface area contributed by atoms with Gasteiger partial charge in [-0.1, -0.05) is 13.8 Å². The van der Waals surface area contributed by atoms with Gasteiger partial charge < -0.3 is 30.0 Å². The maximum absolute atomic E-state index is 11.5. The molecule has 0 rings (SSSR count). The molecule has 0 aliphatic carbocycles. The number of ether oxygens (including phenoxy) is 3. The number of rotatable bonds is 12. The number of methoxy groups -OCH3 is 1. The number of hydrogen-bond acceptors (Lipinski definition) is 5. The van der Waals surface area contributed by atoms with E-state index in [4.69, 9.17) is 19.3 Å². The second-order valence-corrected chi connectivity index (χ2v) is 4.68. The first kappa shape index (κ1) is 19.6. The summed E-state index contributed by atoms with van der Waals surface area (Å²) in [7, 11) is 1.60. The lowest BCUT2D eigenvalue weighted by molar-refractivity contribution is -0.140. The Balaban J connectivity index is 3.55. The van der Waals surface area contributed by atoms with E-state index in [0.717, 1.165) is 0 Å². The van der Waals surface area contributed by atoms with Crippen molar-refractivity contribution in [1.82, 2.24) is 10.6 Å². The molecular weight excluding hydrogens is 280 g/mol. The Labute approximate surface area is 125 Å². The summed E-state index contributed by atoms with van der Waals surface area (Å²) < 4.78 is 15.2. The van der Waals surface area contributed by atoms with E-state index in [1.807, 2.05) is 0 Å². The molecule has 0 spiro atoms. The normalized spacial score (nSPS) is 12.2. The molecule has 3 N–H and O–H groups in total. The zero-order valence-corrected chi connectivity index (χ0v) is 12.9. The summed E-state index contributed by atoms with van der Waals surface area (Å²) in [6.07, 6.45) is 0. The Kier molecular flexibility index (Phi) is 11.6. The van der Waals surface area contributed by atoms with E-state index in [0.29, 0.717) is 39.6 Å². The van der Waals surface area contributed by atoms with Crippen molar-refractivity contribution in [3.05, 3.63) is 0 Å². The second kappa shape index (κ2) is 12.4. The van der Waals surface area contributed by atoms with Gasteiger partial charge in [0, 0.05) is 13.7 Å². The van der Waals surface area contributed by atoms with Crippen LogP contribution >= 0.6 is 0 Å². The van der Waals surface area contributed by atoms with Crippen LogP contribution in [0.25, 0.3) is 0 Å². The largest absolute Gasteiger partial charge is 0.480 e. The Bertz CT molecular complexity index is 298. The summed E-state index contributed by atoms with van der Waals surface area (Å²) in [5.41, 5.74) is 0. The molecule has 0 aliphatic heterocycles. The zero-order valence-electron chi connectivity index (χ0n) is 12.9. The van der Waals surface area contributed by atoms with Crippen LogP contribution in [0.5, 0.6) is 0 Å². The van der Waals surface area contributed by atoms with Crippen molar-refractivity contribution in [2.24, 2.45) is 5.92 Å². The van der Waals surface area contributed by atoms with Gasteiger partial charge in [-0.15, -0.1) is 0 Å². The van der Waals surface area contributed by atoms with Crippen molar-refractivity contribution in [2.45, 2.75) is 19.9 Å². The lowest BCUT2D eigenvalue weighted by atomic mass is 10.1. The van der Waals surface area contributed by atoms with Gasteiger partial charge >= 0.3 is 12.0 Å². The minimum atomic E-state index is -1.05. The number of aliphatic carboxylic acids is 1. The quantitative estimate of drug-likeness (QED) is 0.441. The molecule has 0 aromatic carbocycles. The smallest absolute Gasteiger partial charge is 0.326 e. The molecule has 0 saturated heterocycles. The summed E-state index contributed by atoms with van der Waals surface area (Å²) in [6, 6.07) is -1.42. The topological polar surface area (TPSA) is 106 Å². The number of carboxylic acid groups (broad SMARTS) is 1. The molecule has 8 nitrogen and oxygen atoms in total. The highest BCUT2D eigenvalue weighted by Crippen LogP contribution is 2.00. The maximum Gasteiger partial charge on any atom is 0.326 e. The SMILES string of the molecule is COCCOCCOCCNC(=O)NC(C(=O)O)C(C)C. The summed E-state index contributed by atoms with van der Waals surface area (Å²) >= 11 is 0. The Morgan fingerprint density at radius 3 is 2.14 bits per heavy atom. The van der Waals surface area contributed by atoms with Crippen molar-refractivity contribution < 1.29 is 28.9 Å². The monoisotopic (exact) mass is 306 g/mol. The van der Waals surface area contributed by atoms with Crippen molar-refractivity contribution in [1.29, 1.82) is 0 Å². The molecular formula is C13H26N2O6. The average Bonchev–Trinajstić information content (AvgIpc) is 2.42. The lowest BCUT2D eigenvalue weighted by Gasteiger charge is -2.18. The Hall–Kier alpha value is -1.38. The van der Waals surface area contributed by atoms with E-state index < -0.39 is 18.0 Å². The number of carbonyl (C=O) groups is 2. The number of amides is 2. The van der Waals surface area contributed by atoms with Crippen LogP contribution < -0.4 is 10.6 Å². The molecule has 0 aromatic rings. The van der Waals surface area contributed by atoms with Crippen LogP contribution in [0, 0.1) is 5.92 Å². The third-order valence-corrected chi connectivity index (χ3v) is 2.56. The van der Waals surface area contributed by atoms with Crippen LogP contribution in [-0.2, 0) is 19.0 Å². The molecule has 0 fully saturated rings. The third kappa shape index (κ3) is 11.0. The standard InChI is InChI=1S/C13H26N2O6/c1-10(2)11(12(16)17)15-13(18)14-4-5-20-8-9-21-7-6-19-3/h10-11H,4-9H2,1-3H3,(H,16,17)(H2,14,15,18). The molecule has 0 radical (unpaired) electrons. The van der Waals surface area contributed by atoms with Crippen molar-refractivity contribution in [3.8, 4) is 0 Å². The number of carbonyl (C=O) groups excluding carboxylic acids is 1. The van der Waals surface area contributed by atoms with Gasteiger partial charge in [0.2, 0.25) is 0 Å². The maximum atomic E-state index is 11.5. The zero-order chi connectivity index (χ0) is 16.1. The van der Waals surface area contributed by atoms with Gasteiger partial charge in [-0.05, 0) is 5.92 Å². The minimum absolute atomic E-state index is 0.186. The number of urea groups is 1. The Morgan fingerprint density at radius 1 is 1.05 bits per heavy atom. The highest BCUT2D eigenvalue weighted by atomic mass is 16.5. The molecule has 0 saturated carbocycles. The molecule has 21 heavy (non-hydrogen) atoms. The van der Waals surface area contributed by atoms with E-state index in [9.17, 15) is 9.59 Å². The molecule has 0 aromatic heterocycles. The van der Waals surface area contributed by atoms with Gasteiger partial charge in [-0.2, -0.15) is 0 Å². The fourth-order valence-electron chi connectivity index (χ4n) is 1.41. The van der Waals surface area contributed by atoms with Crippen molar-refractivity contribution in [3.63, 3.8) is 0 Å². The fraction of sp³-hybridized carbons (Fsp3) is 0.846. The first-order valence-corrected chi connectivity index (χ1v) is 6.90. The van der Waals surface area contributed by atoms with Gasteiger partial charge in [0.25, 0.3) is 0 Å². The predicted octanol–water partition coefficient (Wildman–Crippen LogP) is 0.0744. The van der Waals surface area contributed by atoms with E-state index >= 15 is 0 Å². The van der Waals surface area contributed by atoms with Gasteiger partial charge in [-0.3, -0.25) is 0 Å². The van der Waals surface area contributed by atoms with E-state index in [1.54, 1.807) is 21.0 Å². The molecule has 1 unspecified atom stereocenters. The van der Waals surface area contributed by atoms with Crippen LogP contribution in [0.3, 0.4) is 0 Å². The van der Waals surface area contributed by atoms with Crippen LogP contribution in [0.1, 0.15) is 13.8 Å². The fourth-order valence-corrected chi connectivity index (χ4v) is 1.41. The third-order valence-electron chi connectivity index (χ3n) is 2.56. The summed E-state index contributed by atoms with van der Waals surface area (Å²) in [5.74, 6) is -1.24. The molecule has 0 bridgehead atoms. The minimum Gasteiger partial charge on any atom is -0.480 e. The summed E-state index contributed by atoms with van der Waals surface area (Å²) in [6.45, 7) is 6.04. The van der Waals surface area contributed by atoms with E-state index in [1.165, 1.54) is 0 Å². The van der Waals surface area contributed by atoms with Crippen LogP contribution in [0.4, 0.5) is 4.79 Å². The van der Waals surface area contributed by atoms with Gasteiger partial charge in [0.15, 0.2) is 0 Å². The molecule has 124 valence electrons. The van der Waals surface area contributed by atoms with Crippen LogP contribution in [-0.4, -0.2) is 69.8 Å². The van der Waals surface area contributed by atoms with Crippen LogP contribution in [0.2, 0.25) is 0 Å². The first-order chi connectivity index (χ1) is 9.99.